The molecule has 0 unspecified atom stereocenters. The third kappa shape index (κ3) is 9.21. The highest BCUT2D eigenvalue weighted by atomic mass is 16.7. The maximum absolute atomic E-state index is 14.6. The molecule has 3 fully saturated rings. The highest BCUT2D eigenvalue weighted by molar-refractivity contribution is 5.98. The van der Waals surface area contributed by atoms with E-state index in [4.69, 9.17) is 9.57 Å². The lowest BCUT2D eigenvalue weighted by atomic mass is 9.90. The lowest BCUT2D eigenvalue weighted by molar-refractivity contribution is -0.161. The highest BCUT2D eigenvalue weighted by Gasteiger charge is 2.50. The fourth-order valence-corrected chi connectivity index (χ4v) is 7.55. The van der Waals surface area contributed by atoms with E-state index in [-0.39, 0.29) is 18.2 Å². The van der Waals surface area contributed by atoms with Crippen LogP contribution in [0.1, 0.15) is 102 Å². The van der Waals surface area contributed by atoms with Gasteiger partial charge in [-0.15, -0.1) is 5.06 Å². The molecule has 3 atom stereocenters. The monoisotopic (exact) mass is 697 g/mol. The third-order valence-electron chi connectivity index (χ3n) is 10.1. The number of ether oxygens (including phenoxy) is 1. The van der Waals surface area contributed by atoms with Crippen molar-refractivity contribution in [2.75, 3.05) is 34.7 Å². The molecule has 13 nitrogen and oxygen atoms in total. The normalized spacial score (nSPS) is 20.4. The van der Waals surface area contributed by atoms with Crippen LogP contribution in [0.25, 0.3) is 0 Å². The first-order valence-electron chi connectivity index (χ1n) is 17.9. The number of carbonyl (C=O) groups excluding carboxylic acids is 6. The van der Waals surface area contributed by atoms with E-state index >= 15 is 0 Å². The summed E-state index contributed by atoms with van der Waals surface area (Å²) in [6.45, 7) is 5.59. The first kappa shape index (κ1) is 38.8. The number of hydrogen-bond donors (Lipinski definition) is 1. The summed E-state index contributed by atoms with van der Waals surface area (Å²) in [6, 6.07) is 5.76. The minimum absolute atomic E-state index is 0.160. The smallest absolute Gasteiger partial charge is 0.357 e. The first-order valence-corrected chi connectivity index (χ1v) is 17.9. The van der Waals surface area contributed by atoms with Gasteiger partial charge in [-0.05, 0) is 77.3 Å². The average Bonchev–Trinajstić information content (AvgIpc) is 3.86. The second-order valence-corrected chi connectivity index (χ2v) is 15.2. The molecule has 4 rings (SSSR count). The van der Waals surface area contributed by atoms with Gasteiger partial charge in [-0.2, -0.15) is 0 Å². The number of hydrogen-bond acceptors (Lipinski definition) is 9. The molecule has 1 aliphatic heterocycles. The van der Waals surface area contributed by atoms with E-state index in [0.29, 0.717) is 50.6 Å². The summed E-state index contributed by atoms with van der Waals surface area (Å²) < 4.78 is 5.50. The van der Waals surface area contributed by atoms with E-state index in [2.05, 4.69) is 5.32 Å². The van der Waals surface area contributed by atoms with Crippen LogP contribution in [-0.2, 0) is 33.5 Å². The Hall–Kier alpha value is -4.00. The van der Waals surface area contributed by atoms with Crippen LogP contribution in [0, 0.1) is 5.92 Å². The zero-order valence-electron chi connectivity index (χ0n) is 30.7. The number of amides is 4. The summed E-state index contributed by atoms with van der Waals surface area (Å²) in [5.74, 6) is -2.96. The van der Waals surface area contributed by atoms with E-state index < -0.39 is 58.9 Å². The summed E-state index contributed by atoms with van der Waals surface area (Å²) >= 11 is 0. The Labute approximate surface area is 295 Å². The van der Waals surface area contributed by atoms with E-state index in [1.54, 1.807) is 72.2 Å². The van der Waals surface area contributed by atoms with Gasteiger partial charge in [0.25, 0.3) is 0 Å². The van der Waals surface area contributed by atoms with Gasteiger partial charge in [-0.25, -0.2) is 4.79 Å². The summed E-state index contributed by atoms with van der Waals surface area (Å²) in [5, 5.41) is 4.46. The molecule has 13 heteroatoms. The molecule has 0 spiro atoms. The number of nitrogens with zero attached hydrogens (tertiary/aromatic N) is 4. The van der Waals surface area contributed by atoms with Crippen LogP contribution >= 0.6 is 0 Å². The molecule has 1 saturated heterocycles. The molecule has 1 heterocycles. The zero-order valence-corrected chi connectivity index (χ0v) is 30.7. The number of esters is 1. The van der Waals surface area contributed by atoms with E-state index in [9.17, 15) is 28.8 Å². The second kappa shape index (κ2) is 16.3. The van der Waals surface area contributed by atoms with Crippen molar-refractivity contribution in [1.29, 1.82) is 0 Å². The van der Waals surface area contributed by atoms with Crippen LogP contribution in [0.4, 0.5) is 0 Å². The van der Waals surface area contributed by atoms with Gasteiger partial charge in [0.2, 0.25) is 23.6 Å². The van der Waals surface area contributed by atoms with Crippen LogP contribution < -0.4 is 5.32 Å². The largest absolute Gasteiger partial charge is 0.460 e. The van der Waals surface area contributed by atoms with E-state index in [1.807, 2.05) is 0 Å². The fourth-order valence-electron chi connectivity index (χ4n) is 7.55. The molecule has 50 heavy (non-hydrogen) atoms. The Morgan fingerprint density at radius 2 is 1.48 bits per heavy atom. The highest BCUT2D eigenvalue weighted by Crippen LogP contribution is 2.36. The van der Waals surface area contributed by atoms with E-state index in [1.165, 1.54) is 26.8 Å². The summed E-state index contributed by atoms with van der Waals surface area (Å²) in [7, 11) is 6.22. The van der Waals surface area contributed by atoms with Gasteiger partial charge >= 0.3 is 11.9 Å². The molecule has 1 N–H and O–H groups in total. The fraction of sp³-hybridized carbons (Fsp3) is 0.676. The average molecular weight is 698 g/mol. The molecule has 0 bridgehead atoms. The Bertz CT molecular complexity index is 1400. The van der Waals surface area contributed by atoms with Gasteiger partial charge < -0.3 is 29.6 Å². The van der Waals surface area contributed by atoms with Gasteiger partial charge in [0.15, 0.2) is 0 Å². The van der Waals surface area contributed by atoms with Crippen LogP contribution in [0.2, 0.25) is 0 Å². The molecule has 2 saturated carbocycles. The number of carbonyl (C=O) groups is 6. The van der Waals surface area contributed by atoms with Crippen molar-refractivity contribution >= 4 is 35.6 Å². The Morgan fingerprint density at radius 3 is 2.06 bits per heavy atom. The first-order chi connectivity index (χ1) is 23.5. The van der Waals surface area contributed by atoms with Gasteiger partial charge in [0.05, 0.1) is 12.0 Å². The van der Waals surface area contributed by atoms with Crippen molar-refractivity contribution in [2.24, 2.45) is 5.92 Å². The molecule has 4 amide bonds. The molecular weight excluding hydrogens is 642 g/mol. The van der Waals surface area contributed by atoms with Crippen molar-refractivity contribution in [2.45, 2.75) is 121 Å². The van der Waals surface area contributed by atoms with Crippen LogP contribution in [0.15, 0.2) is 30.3 Å². The number of rotatable bonds is 12. The molecule has 2 aliphatic carbocycles. The molecule has 276 valence electrons. The summed E-state index contributed by atoms with van der Waals surface area (Å²) in [4.78, 5) is 91.8. The molecule has 0 radical (unpaired) electrons. The topological polar surface area (TPSA) is 146 Å². The van der Waals surface area contributed by atoms with Crippen molar-refractivity contribution in [3.05, 3.63) is 35.9 Å². The predicted molar refractivity (Wildman–Crippen MR) is 185 cm³/mol. The lowest BCUT2D eigenvalue weighted by Crippen LogP contribution is -2.64. The van der Waals surface area contributed by atoms with Crippen LogP contribution in [0.3, 0.4) is 0 Å². The predicted octanol–water partition coefficient (Wildman–Crippen LogP) is 3.32. The third-order valence-corrected chi connectivity index (χ3v) is 10.1. The molecule has 3 aliphatic rings. The number of hydroxylamine groups is 2. The van der Waals surface area contributed by atoms with Gasteiger partial charge in [-0.1, -0.05) is 43.9 Å². The summed E-state index contributed by atoms with van der Waals surface area (Å²) in [6.07, 6.45) is 6.26. The maximum Gasteiger partial charge on any atom is 0.357 e. The number of benzene rings is 1. The lowest BCUT2D eigenvalue weighted by Gasteiger charge is -2.41. The van der Waals surface area contributed by atoms with Crippen LogP contribution in [0.5, 0.6) is 0 Å². The van der Waals surface area contributed by atoms with E-state index in [0.717, 1.165) is 25.7 Å². The number of likely N-dealkylation sites (N-methyl/N-ethyl adjacent to an activating group) is 3. The minimum atomic E-state index is -1.24. The molecular formula is C37H55N5O8. The zero-order chi connectivity index (χ0) is 36.8. The minimum Gasteiger partial charge on any atom is -0.460 e. The Balaban J connectivity index is 1.56. The molecule has 1 aromatic rings. The number of nitrogens with one attached hydrogen (secondary N) is 1. The standard InChI is InChI=1S/C37H55N5O8/c1-36(2,3)49-29(43)24-28(32(45)39(4)5)40(6)33(46)30(25-16-11-12-17-25)41(7)35(48)37(21-13-14-22-37)38-31(44)27-20-15-23-42(27)50-34(47)26-18-9-8-10-19-26/h8-10,18-19,25,27-28,30H,11-17,20-24H2,1-7H3,(H,38,44)/t27-,28-,30-/m0/s1. The molecule has 1 aromatic carbocycles. The molecule has 0 aromatic heterocycles. The second-order valence-electron chi connectivity index (χ2n) is 15.2. The van der Waals surface area contributed by atoms with Gasteiger partial charge in [-0.3, -0.25) is 24.0 Å². The quantitative estimate of drug-likeness (QED) is 0.325. The maximum atomic E-state index is 14.6. The van der Waals surface area contributed by atoms with Crippen molar-refractivity contribution in [3.8, 4) is 0 Å². The summed E-state index contributed by atoms with van der Waals surface area (Å²) in [5.41, 5.74) is -1.64. The SMILES string of the molecule is CN(C)C(=O)[C@H](CC(=O)OC(C)(C)C)N(C)C(=O)[C@H](C1CCCC1)N(C)C(=O)C1(NC(=O)[C@@H]2CCCN2OC(=O)c2ccccc2)CCCC1. The van der Waals surface area contributed by atoms with Crippen LogP contribution in [-0.4, -0.2) is 119 Å². The van der Waals surface area contributed by atoms with Gasteiger partial charge in [0, 0.05) is 34.7 Å². The van der Waals surface area contributed by atoms with Crippen molar-refractivity contribution in [3.63, 3.8) is 0 Å². The Kier molecular flexibility index (Phi) is 12.7. The van der Waals surface area contributed by atoms with Crippen molar-refractivity contribution in [1.82, 2.24) is 25.1 Å². The van der Waals surface area contributed by atoms with Gasteiger partial charge in [0.1, 0.15) is 29.3 Å². The Morgan fingerprint density at radius 1 is 0.860 bits per heavy atom. The van der Waals surface area contributed by atoms with Crippen molar-refractivity contribution < 1.29 is 38.3 Å².